The number of likely N-dealkylation sites (tertiary alicyclic amines) is 1. The number of anilines is 1. The molecule has 2 amide bonds. The van der Waals surface area contributed by atoms with Crippen LogP contribution in [0.15, 0.2) is 72.8 Å². The third-order valence-electron chi connectivity index (χ3n) is 7.47. The minimum atomic E-state index is -0.368. The van der Waals surface area contributed by atoms with Crippen LogP contribution in [0.25, 0.3) is 0 Å². The van der Waals surface area contributed by atoms with Gasteiger partial charge in [0.1, 0.15) is 5.75 Å². The molecule has 0 radical (unpaired) electrons. The zero-order chi connectivity index (χ0) is 26.7. The fourth-order valence-corrected chi connectivity index (χ4v) is 5.22. The Hall–Kier alpha value is -3.60. The summed E-state index contributed by atoms with van der Waals surface area (Å²) in [6.45, 7) is 9.08. The maximum absolute atomic E-state index is 14.1. The molecule has 1 heterocycles. The normalized spacial score (nSPS) is 17.8. The van der Waals surface area contributed by atoms with Gasteiger partial charge in [-0.1, -0.05) is 63.2 Å². The van der Waals surface area contributed by atoms with Crippen molar-refractivity contribution in [3.05, 3.63) is 95.1 Å². The monoisotopic (exact) mass is 498 g/mol. The Labute approximate surface area is 221 Å². The van der Waals surface area contributed by atoms with E-state index < -0.39 is 0 Å². The van der Waals surface area contributed by atoms with Crippen molar-refractivity contribution in [3.8, 4) is 5.75 Å². The number of rotatable bonds is 5. The molecule has 0 aliphatic carbocycles. The van der Waals surface area contributed by atoms with E-state index in [9.17, 15) is 9.59 Å². The molecule has 3 aromatic carbocycles. The van der Waals surface area contributed by atoms with E-state index in [1.165, 1.54) is 5.56 Å². The Morgan fingerprint density at radius 2 is 1.68 bits per heavy atom. The highest BCUT2D eigenvalue weighted by molar-refractivity contribution is 5.98. The number of hydrogen-bond acceptors (Lipinski definition) is 3. The highest BCUT2D eigenvalue weighted by Gasteiger charge is 2.41. The number of amides is 2. The molecule has 0 bridgehead atoms. The summed E-state index contributed by atoms with van der Waals surface area (Å²) in [5, 5.41) is 0. The number of carbonyl (C=O) groups is 2. The lowest BCUT2D eigenvalue weighted by atomic mass is 9.82. The fourth-order valence-electron chi connectivity index (χ4n) is 5.22. The van der Waals surface area contributed by atoms with Crippen molar-refractivity contribution < 1.29 is 14.3 Å². The summed E-state index contributed by atoms with van der Waals surface area (Å²) >= 11 is 0. The summed E-state index contributed by atoms with van der Waals surface area (Å²) in [7, 11) is 3.48. The van der Waals surface area contributed by atoms with Crippen LogP contribution < -0.4 is 9.64 Å². The van der Waals surface area contributed by atoms with Crippen LogP contribution in [0.2, 0.25) is 0 Å². The highest BCUT2D eigenvalue weighted by Crippen LogP contribution is 2.39. The average molecular weight is 499 g/mol. The zero-order valence-electron chi connectivity index (χ0n) is 22.8. The van der Waals surface area contributed by atoms with E-state index in [-0.39, 0.29) is 29.2 Å². The molecule has 1 saturated heterocycles. The van der Waals surface area contributed by atoms with E-state index in [2.05, 4.69) is 32.9 Å². The van der Waals surface area contributed by atoms with Crippen LogP contribution >= 0.6 is 0 Å². The molecule has 5 heteroatoms. The van der Waals surface area contributed by atoms with Crippen LogP contribution in [-0.2, 0) is 10.2 Å². The number of hydrogen-bond donors (Lipinski definition) is 0. The molecular formula is C32H38N2O3. The minimum absolute atomic E-state index is 0.0207. The van der Waals surface area contributed by atoms with Gasteiger partial charge in [-0.05, 0) is 72.2 Å². The molecule has 0 N–H and O–H groups in total. The van der Waals surface area contributed by atoms with Crippen molar-refractivity contribution in [2.45, 2.75) is 52.0 Å². The molecule has 0 aromatic heterocycles. The number of nitrogens with zero attached hydrogens (tertiary/aromatic N) is 2. The van der Waals surface area contributed by atoms with Gasteiger partial charge in [-0.3, -0.25) is 9.59 Å². The number of piperidine rings is 1. The summed E-state index contributed by atoms with van der Waals surface area (Å²) in [5.41, 5.74) is 4.58. The van der Waals surface area contributed by atoms with E-state index in [0.717, 1.165) is 35.4 Å². The van der Waals surface area contributed by atoms with Gasteiger partial charge in [0.05, 0.1) is 19.1 Å². The van der Waals surface area contributed by atoms with Gasteiger partial charge in [0.25, 0.3) is 5.91 Å². The van der Waals surface area contributed by atoms with Gasteiger partial charge in [0.2, 0.25) is 5.91 Å². The van der Waals surface area contributed by atoms with Crippen LogP contribution in [0.4, 0.5) is 5.69 Å². The predicted octanol–water partition coefficient (Wildman–Crippen LogP) is 6.56. The topological polar surface area (TPSA) is 49.9 Å². The van der Waals surface area contributed by atoms with Crippen LogP contribution in [0.3, 0.4) is 0 Å². The first-order valence-electron chi connectivity index (χ1n) is 13.0. The van der Waals surface area contributed by atoms with Gasteiger partial charge >= 0.3 is 0 Å². The van der Waals surface area contributed by atoms with Crippen molar-refractivity contribution in [1.29, 1.82) is 0 Å². The number of ether oxygens (including phenoxy) is 1. The van der Waals surface area contributed by atoms with Gasteiger partial charge in [0.15, 0.2) is 0 Å². The molecule has 1 aliphatic rings. The predicted molar refractivity (Wildman–Crippen MR) is 149 cm³/mol. The van der Waals surface area contributed by atoms with Gasteiger partial charge < -0.3 is 14.5 Å². The lowest BCUT2D eigenvalue weighted by molar-refractivity contribution is -0.125. The second-order valence-electron chi connectivity index (χ2n) is 11.0. The lowest BCUT2D eigenvalue weighted by Crippen LogP contribution is -2.48. The lowest BCUT2D eigenvalue weighted by Gasteiger charge is -2.42. The second kappa shape index (κ2) is 10.8. The summed E-state index contributed by atoms with van der Waals surface area (Å²) < 4.78 is 5.37. The third-order valence-corrected chi connectivity index (χ3v) is 7.47. The van der Waals surface area contributed by atoms with Crippen molar-refractivity contribution in [2.75, 3.05) is 25.6 Å². The number of benzene rings is 3. The number of aryl methyl sites for hydroxylation is 1. The summed E-state index contributed by atoms with van der Waals surface area (Å²) in [4.78, 5) is 31.6. The van der Waals surface area contributed by atoms with Crippen LogP contribution in [0.5, 0.6) is 5.75 Å². The number of methoxy groups -OCH3 is 1. The Morgan fingerprint density at radius 1 is 0.973 bits per heavy atom. The molecule has 1 aliphatic heterocycles. The van der Waals surface area contributed by atoms with E-state index in [1.54, 1.807) is 12.0 Å². The Morgan fingerprint density at radius 3 is 2.32 bits per heavy atom. The first-order valence-corrected chi connectivity index (χ1v) is 13.0. The smallest absolute Gasteiger partial charge is 0.254 e. The Bertz CT molecular complexity index is 1260. The quantitative estimate of drug-likeness (QED) is 0.400. The van der Waals surface area contributed by atoms with E-state index in [0.29, 0.717) is 12.1 Å². The summed E-state index contributed by atoms with van der Waals surface area (Å²) in [6, 6.07) is 23.2. The van der Waals surface area contributed by atoms with E-state index >= 15 is 0 Å². The average Bonchev–Trinajstić information content (AvgIpc) is 2.91. The van der Waals surface area contributed by atoms with Crippen LogP contribution in [-0.4, -0.2) is 37.4 Å². The molecule has 4 rings (SSSR count). The van der Waals surface area contributed by atoms with Crippen LogP contribution in [0, 0.1) is 12.8 Å². The fraction of sp³-hybridized carbons (Fsp3) is 0.375. The molecule has 37 heavy (non-hydrogen) atoms. The largest absolute Gasteiger partial charge is 0.497 e. The van der Waals surface area contributed by atoms with E-state index in [4.69, 9.17) is 4.74 Å². The molecule has 1 fully saturated rings. The van der Waals surface area contributed by atoms with Crippen LogP contribution in [0.1, 0.15) is 66.7 Å². The van der Waals surface area contributed by atoms with Gasteiger partial charge in [-0.15, -0.1) is 0 Å². The Balaban J connectivity index is 1.73. The first-order chi connectivity index (χ1) is 17.6. The second-order valence-corrected chi connectivity index (χ2v) is 11.0. The standard InChI is InChI=1S/C32H38N2O3/c1-22-11-7-8-14-27(22)31(36)34-20-10-15-28(29(34)23-16-18-26(37-6)19-17-23)30(35)33(5)25-13-9-12-24(21-25)32(2,3)4/h7-9,11-14,16-19,21,28-29H,10,15,20H2,1-6H3/t28-,29?/m0/s1. The minimum Gasteiger partial charge on any atom is -0.497 e. The zero-order valence-corrected chi connectivity index (χ0v) is 22.8. The number of carbonyl (C=O) groups excluding carboxylic acids is 2. The molecule has 3 aromatic rings. The summed E-state index contributed by atoms with van der Waals surface area (Å²) in [5.74, 6) is 0.372. The first kappa shape index (κ1) is 26.5. The maximum Gasteiger partial charge on any atom is 0.254 e. The van der Waals surface area contributed by atoms with Crippen molar-refractivity contribution >= 4 is 17.5 Å². The molecule has 2 atom stereocenters. The van der Waals surface area contributed by atoms with Gasteiger partial charge in [-0.25, -0.2) is 0 Å². The molecule has 5 nitrogen and oxygen atoms in total. The SMILES string of the molecule is COc1ccc(C2[C@@H](C(=O)N(C)c3cccc(C(C)(C)C)c3)CCCN2C(=O)c2ccccc2C)cc1. The molecule has 1 unspecified atom stereocenters. The van der Waals surface area contributed by atoms with Gasteiger partial charge in [0, 0.05) is 24.8 Å². The summed E-state index contributed by atoms with van der Waals surface area (Å²) in [6.07, 6.45) is 1.49. The molecule has 0 saturated carbocycles. The van der Waals surface area contributed by atoms with Crippen molar-refractivity contribution in [3.63, 3.8) is 0 Å². The van der Waals surface area contributed by atoms with Gasteiger partial charge in [-0.2, -0.15) is 0 Å². The molecule has 194 valence electrons. The van der Waals surface area contributed by atoms with E-state index in [1.807, 2.05) is 79.5 Å². The van der Waals surface area contributed by atoms with Crippen molar-refractivity contribution in [1.82, 2.24) is 4.90 Å². The highest BCUT2D eigenvalue weighted by atomic mass is 16.5. The maximum atomic E-state index is 14.1. The third kappa shape index (κ3) is 5.56. The Kier molecular flexibility index (Phi) is 7.72. The van der Waals surface area contributed by atoms with Crippen molar-refractivity contribution in [2.24, 2.45) is 5.92 Å². The molecule has 0 spiro atoms. The molecular weight excluding hydrogens is 460 g/mol.